The van der Waals surface area contributed by atoms with E-state index in [-0.39, 0.29) is 31.2 Å². The van der Waals surface area contributed by atoms with E-state index in [2.05, 4.69) is 15.0 Å². The van der Waals surface area contributed by atoms with E-state index in [1.165, 1.54) is 4.90 Å². The van der Waals surface area contributed by atoms with Gasteiger partial charge in [0.15, 0.2) is 5.96 Å². The van der Waals surface area contributed by atoms with Gasteiger partial charge in [-0.3, -0.25) is 14.4 Å². The SMILES string of the molecule is NC(N)=NC(=O)CCNC(=O)CN1CCCC[C@H](NS(=O)(=O)Cc2ccccc2)C1=O. The van der Waals surface area contributed by atoms with Gasteiger partial charge in [-0.1, -0.05) is 30.3 Å². The molecule has 1 aromatic carbocycles. The van der Waals surface area contributed by atoms with E-state index in [1.54, 1.807) is 30.3 Å². The molecule has 2 rings (SSSR count). The highest BCUT2D eigenvalue weighted by Crippen LogP contribution is 2.14. The molecule has 0 aliphatic carbocycles. The van der Waals surface area contributed by atoms with Crippen molar-refractivity contribution in [1.82, 2.24) is 14.9 Å². The number of rotatable bonds is 9. The molecule has 0 bridgehead atoms. The van der Waals surface area contributed by atoms with E-state index in [0.717, 1.165) is 0 Å². The Kier molecular flexibility index (Phi) is 8.94. The summed E-state index contributed by atoms with van der Waals surface area (Å²) in [7, 11) is -3.74. The van der Waals surface area contributed by atoms with Gasteiger partial charge in [-0.25, -0.2) is 13.1 Å². The summed E-state index contributed by atoms with van der Waals surface area (Å²) < 4.78 is 27.5. The lowest BCUT2D eigenvalue weighted by Gasteiger charge is -2.24. The van der Waals surface area contributed by atoms with Crippen LogP contribution in [0.4, 0.5) is 0 Å². The average Bonchev–Trinajstić information content (AvgIpc) is 2.83. The summed E-state index contributed by atoms with van der Waals surface area (Å²) in [6, 6.07) is 7.75. The van der Waals surface area contributed by atoms with Gasteiger partial charge in [-0.05, 0) is 24.8 Å². The minimum atomic E-state index is -3.74. The molecule has 6 N–H and O–H groups in total. The molecule has 1 fully saturated rings. The molecular formula is C19H28N6O5S. The number of nitrogens with zero attached hydrogens (tertiary/aromatic N) is 2. The van der Waals surface area contributed by atoms with Crippen molar-refractivity contribution in [3.05, 3.63) is 35.9 Å². The van der Waals surface area contributed by atoms with Crippen LogP contribution in [0.5, 0.6) is 0 Å². The molecule has 1 aliphatic rings. The molecule has 1 aromatic rings. The van der Waals surface area contributed by atoms with Crippen molar-refractivity contribution in [3.8, 4) is 0 Å². The quantitative estimate of drug-likeness (QED) is 0.268. The number of likely N-dealkylation sites (tertiary alicyclic amines) is 1. The molecule has 170 valence electrons. The topological polar surface area (TPSA) is 177 Å². The number of guanidine groups is 1. The van der Waals surface area contributed by atoms with Gasteiger partial charge in [-0.15, -0.1) is 0 Å². The molecule has 1 atom stereocenters. The first-order valence-electron chi connectivity index (χ1n) is 9.88. The Balaban J connectivity index is 1.90. The van der Waals surface area contributed by atoms with E-state index in [4.69, 9.17) is 11.5 Å². The Morgan fingerprint density at radius 3 is 2.55 bits per heavy atom. The molecule has 31 heavy (non-hydrogen) atoms. The van der Waals surface area contributed by atoms with Gasteiger partial charge in [0.1, 0.15) is 6.04 Å². The van der Waals surface area contributed by atoms with Gasteiger partial charge in [0.25, 0.3) is 5.91 Å². The molecule has 1 heterocycles. The Labute approximate surface area is 181 Å². The van der Waals surface area contributed by atoms with Crippen LogP contribution in [0.2, 0.25) is 0 Å². The minimum Gasteiger partial charge on any atom is -0.370 e. The number of sulfonamides is 1. The second kappa shape index (κ2) is 11.4. The Morgan fingerprint density at radius 1 is 1.16 bits per heavy atom. The first kappa shape index (κ1) is 24.3. The maximum atomic E-state index is 12.8. The predicted octanol–water partition coefficient (Wildman–Crippen LogP) is -1.21. The molecular weight excluding hydrogens is 424 g/mol. The third-order valence-corrected chi connectivity index (χ3v) is 5.91. The highest BCUT2D eigenvalue weighted by Gasteiger charge is 2.31. The van der Waals surface area contributed by atoms with Gasteiger partial charge < -0.3 is 21.7 Å². The van der Waals surface area contributed by atoms with Gasteiger partial charge in [0.05, 0.1) is 12.3 Å². The molecule has 3 amide bonds. The summed E-state index contributed by atoms with van der Waals surface area (Å²) in [6.45, 7) is 0.131. The van der Waals surface area contributed by atoms with E-state index < -0.39 is 33.8 Å². The van der Waals surface area contributed by atoms with Gasteiger partial charge >= 0.3 is 0 Å². The second-order valence-electron chi connectivity index (χ2n) is 7.20. The number of carbonyl (C=O) groups is 3. The molecule has 0 spiro atoms. The normalized spacial score (nSPS) is 17.0. The van der Waals surface area contributed by atoms with Crippen LogP contribution < -0.4 is 21.5 Å². The first-order chi connectivity index (χ1) is 14.7. The Morgan fingerprint density at radius 2 is 1.87 bits per heavy atom. The van der Waals surface area contributed by atoms with Gasteiger partial charge in [0.2, 0.25) is 21.8 Å². The summed E-state index contributed by atoms with van der Waals surface area (Å²) in [4.78, 5) is 41.1. The van der Waals surface area contributed by atoms with Gasteiger partial charge in [-0.2, -0.15) is 4.99 Å². The van der Waals surface area contributed by atoms with Crippen LogP contribution in [0.25, 0.3) is 0 Å². The van der Waals surface area contributed by atoms with Crippen LogP contribution in [0.15, 0.2) is 35.3 Å². The van der Waals surface area contributed by atoms with Crippen molar-refractivity contribution in [2.24, 2.45) is 16.5 Å². The zero-order valence-electron chi connectivity index (χ0n) is 17.1. The fourth-order valence-electron chi connectivity index (χ4n) is 3.16. The third kappa shape index (κ3) is 8.72. The third-order valence-electron chi connectivity index (χ3n) is 4.55. The fourth-order valence-corrected chi connectivity index (χ4v) is 4.53. The lowest BCUT2D eigenvalue weighted by atomic mass is 10.1. The molecule has 0 saturated carbocycles. The van der Waals surface area contributed by atoms with Crippen LogP contribution in [-0.4, -0.2) is 62.7 Å². The van der Waals surface area contributed by atoms with Crippen molar-refractivity contribution in [1.29, 1.82) is 0 Å². The summed E-state index contributed by atoms with van der Waals surface area (Å²) in [6.07, 6.45) is 1.58. The zero-order valence-corrected chi connectivity index (χ0v) is 17.9. The van der Waals surface area contributed by atoms with Crippen molar-refractivity contribution in [2.45, 2.75) is 37.5 Å². The summed E-state index contributed by atoms with van der Waals surface area (Å²) in [5, 5.41) is 2.53. The standard InChI is InChI=1S/C19H28N6O5S/c20-19(21)23-16(26)9-10-22-17(27)12-25-11-5-4-8-15(18(25)28)24-31(29,30)13-14-6-2-1-3-7-14/h1-3,6-7,15,24H,4-5,8-13H2,(H,22,27)(H4,20,21,23,26)/t15-/m0/s1. The van der Waals surface area contributed by atoms with Crippen LogP contribution in [0, 0.1) is 0 Å². The number of hydrogen-bond donors (Lipinski definition) is 4. The highest BCUT2D eigenvalue weighted by atomic mass is 32.2. The van der Waals surface area contributed by atoms with Crippen molar-refractivity contribution >= 4 is 33.7 Å². The van der Waals surface area contributed by atoms with E-state index in [1.807, 2.05) is 0 Å². The maximum Gasteiger partial charge on any atom is 0.250 e. The summed E-state index contributed by atoms with van der Waals surface area (Å²) >= 11 is 0. The number of benzene rings is 1. The van der Waals surface area contributed by atoms with E-state index >= 15 is 0 Å². The number of nitrogens with two attached hydrogens (primary N) is 2. The van der Waals surface area contributed by atoms with E-state index in [0.29, 0.717) is 31.4 Å². The van der Waals surface area contributed by atoms with Crippen LogP contribution in [0.3, 0.4) is 0 Å². The van der Waals surface area contributed by atoms with Crippen molar-refractivity contribution in [3.63, 3.8) is 0 Å². The average molecular weight is 453 g/mol. The zero-order chi connectivity index (χ0) is 22.9. The maximum absolute atomic E-state index is 12.8. The first-order valence-corrected chi connectivity index (χ1v) is 11.5. The van der Waals surface area contributed by atoms with Crippen molar-refractivity contribution < 1.29 is 22.8 Å². The van der Waals surface area contributed by atoms with Crippen molar-refractivity contribution in [2.75, 3.05) is 19.6 Å². The number of nitrogens with one attached hydrogen (secondary N) is 2. The lowest BCUT2D eigenvalue weighted by Crippen LogP contribution is -2.50. The molecule has 12 heteroatoms. The minimum absolute atomic E-state index is 0.0175. The molecule has 0 unspecified atom stereocenters. The molecule has 0 aromatic heterocycles. The highest BCUT2D eigenvalue weighted by molar-refractivity contribution is 7.88. The number of amides is 3. The van der Waals surface area contributed by atoms with Gasteiger partial charge in [0, 0.05) is 19.5 Å². The fraction of sp³-hybridized carbons (Fsp3) is 0.474. The smallest absolute Gasteiger partial charge is 0.250 e. The number of carbonyl (C=O) groups excluding carboxylic acids is 3. The van der Waals surface area contributed by atoms with Crippen LogP contribution in [0.1, 0.15) is 31.2 Å². The largest absolute Gasteiger partial charge is 0.370 e. The monoisotopic (exact) mass is 452 g/mol. The second-order valence-corrected chi connectivity index (χ2v) is 8.95. The predicted molar refractivity (Wildman–Crippen MR) is 115 cm³/mol. The summed E-state index contributed by atoms with van der Waals surface area (Å²) in [5.74, 6) is -2.06. The number of aliphatic imine (C=N–C) groups is 1. The molecule has 1 saturated heterocycles. The number of hydrogen-bond acceptors (Lipinski definition) is 5. The van der Waals surface area contributed by atoms with Crippen LogP contribution in [-0.2, 0) is 30.2 Å². The van der Waals surface area contributed by atoms with E-state index in [9.17, 15) is 22.8 Å². The lowest BCUT2D eigenvalue weighted by molar-refractivity contribution is -0.137. The molecule has 11 nitrogen and oxygen atoms in total. The summed E-state index contributed by atoms with van der Waals surface area (Å²) in [5.41, 5.74) is 10.8. The molecule has 1 aliphatic heterocycles. The van der Waals surface area contributed by atoms with Crippen LogP contribution >= 0.6 is 0 Å². The Bertz CT molecular complexity index is 915. The Hall–Kier alpha value is -2.99. The molecule has 0 radical (unpaired) electrons.